The molecular formula is C6H4ClN3OS2. The molecular weight excluding hydrogens is 230 g/mol. The molecule has 1 aromatic heterocycles. The summed E-state index contributed by atoms with van der Waals surface area (Å²) >= 11 is 7.82. The van der Waals surface area contributed by atoms with Crippen LogP contribution in [0.15, 0.2) is 17.4 Å². The zero-order valence-electron chi connectivity index (χ0n) is 6.31. The summed E-state index contributed by atoms with van der Waals surface area (Å²) in [6, 6.07) is 0. The van der Waals surface area contributed by atoms with Crippen molar-refractivity contribution in [3.63, 3.8) is 0 Å². The molecule has 0 fully saturated rings. The molecule has 68 valence electrons. The number of thioether (sulfide) groups is 2. The Labute approximate surface area is 88.5 Å². The second kappa shape index (κ2) is 5.17. The van der Waals surface area contributed by atoms with Gasteiger partial charge in [-0.2, -0.15) is 5.26 Å². The van der Waals surface area contributed by atoms with E-state index in [1.54, 1.807) is 0 Å². The summed E-state index contributed by atoms with van der Waals surface area (Å²) in [7, 11) is 0. The highest BCUT2D eigenvalue weighted by molar-refractivity contribution is 8.18. The van der Waals surface area contributed by atoms with Crippen LogP contribution >= 0.6 is 35.1 Å². The van der Waals surface area contributed by atoms with Gasteiger partial charge in [-0.25, -0.2) is 4.98 Å². The minimum Gasteiger partial charge on any atom is -0.617 e. The molecule has 0 aliphatic heterocycles. The minimum absolute atomic E-state index is 0.0342. The topological polar surface area (TPSA) is 63.6 Å². The number of nitrogens with zero attached hydrogens (tertiary/aromatic N) is 3. The Bertz CT molecular complexity index is 341. The lowest BCUT2D eigenvalue weighted by Gasteiger charge is -2.02. The van der Waals surface area contributed by atoms with Gasteiger partial charge in [-0.15, -0.1) is 4.73 Å². The molecule has 0 saturated heterocycles. The zero-order chi connectivity index (χ0) is 9.68. The summed E-state index contributed by atoms with van der Waals surface area (Å²) in [5, 5.41) is 22.3. The fraction of sp³-hybridized carbons (Fsp3) is 0.167. The summed E-state index contributed by atoms with van der Waals surface area (Å²) in [5.41, 5.74) is 0. The van der Waals surface area contributed by atoms with Crippen LogP contribution < -0.4 is 4.73 Å². The molecule has 0 aliphatic carbocycles. The Morgan fingerprint density at radius 2 is 2.46 bits per heavy atom. The third-order valence-electron chi connectivity index (χ3n) is 1.09. The second-order valence-electron chi connectivity index (χ2n) is 1.86. The minimum atomic E-state index is 0.0342. The van der Waals surface area contributed by atoms with E-state index in [1.165, 1.54) is 24.2 Å². The van der Waals surface area contributed by atoms with E-state index < -0.39 is 0 Å². The van der Waals surface area contributed by atoms with Crippen molar-refractivity contribution in [2.24, 2.45) is 0 Å². The number of thiocyanates is 1. The maximum absolute atomic E-state index is 11.2. The van der Waals surface area contributed by atoms with Gasteiger partial charge in [0.1, 0.15) is 17.8 Å². The van der Waals surface area contributed by atoms with E-state index in [9.17, 15) is 5.21 Å². The van der Waals surface area contributed by atoms with E-state index in [0.29, 0.717) is 14.8 Å². The highest BCUT2D eigenvalue weighted by atomic mass is 35.5. The molecule has 0 radical (unpaired) electrons. The van der Waals surface area contributed by atoms with Crippen LogP contribution in [0.4, 0.5) is 0 Å². The van der Waals surface area contributed by atoms with Crippen molar-refractivity contribution in [2.75, 3.05) is 5.08 Å². The molecule has 0 aromatic carbocycles. The third-order valence-corrected chi connectivity index (χ3v) is 2.98. The van der Waals surface area contributed by atoms with Gasteiger partial charge in [0, 0.05) is 0 Å². The van der Waals surface area contributed by atoms with Gasteiger partial charge in [0.25, 0.3) is 5.03 Å². The van der Waals surface area contributed by atoms with E-state index in [1.807, 2.05) is 5.40 Å². The van der Waals surface area contributed by atoms with E-state index in [4.69, 9.17) is 16.9 Å². The first-order chi connectivity index (χ1) is 6.25. The van der Waals surface area contributed by atoms with Gasteiger partial charge < -0.3 is 5.21 Å². The van der Waals surface area contributed by atoms with Crippen LogP contribution in [-0.4, -0.2) is 10.1 Å². The first-order valence-electron chi connectivity index (χ1n) is 3.12. The maximum atomic E-state index is 11.2. The summed E-state index contributed by atoms with van der Waals surface area (Å²) in [5.74, 6) is 0. The largest absolute Gasteiger partial charge is 0.617 e. The van der Waals surface area contributed by atoms with Crippen LogP contribution in [0.1, 0.15) is 0 Å². The third kappa shape index (κ3) is 2.95. The molecule has 0 unspecified atom stereocenters. The fourth-order valence-corrected chi connectivity index (χ4v) is 2.06. The lowest BCUT2D eigenvalue weighted by molar-refractivity contribution is -0.643. The predicted octanol–water partition coefficient (Wildman–Crippen LogP) is 1.63. The van der Waals surface area contributed by atoms with Gasteiger partial charge in [-0.1, -0.05) is 0 Å². The SMILES string of the molecule is N#CSCSc1cncc(Cl)[n+]1[O-]. The highest BCUT2D eigenvalue weighted by Crippen LogP contribution is 2.18. The van der Waals surface area contributed by atoms with Gasteiger partial charge in [-0.05, 0) is 35.1 Å². The Kier molecular flexibility index (Phi) is 4.15. The molecule has 0 N–H and O–H groups in total. The number of hydrogen-bond donors (Lipinski definition) is 0. The number of halogens is 1. The van der Waals surface area contributed by atoms with Gasteiger partial charge >= 0.3 is 5.15 Å². The van der Waals surface area contributed by atoms with Gasteiger partial charge in [-0.3, -0.25) is 0 Å². The van der Waals surface area contributed by atoms with Crippen molar-refractivity contribution in [3.8, 4) is 5.40 Å². The van der Waals surface area contributed by atoms with Crippen molar-refractivity contribution in [2.45, 2.75) is 5.03 Å². The van der Waals surface area contributed by atoms with E-state index in [2.05, 4.69) is 4.98 Å². The number of rotatable bonds is 3. The van der Waals surface area contributed by atoms with Crippen LogP contribution in [-0.2, 0) is 0 Å². The molecule has 7 heteroatoms. The number of nitriles is 1. The summed E-state index contributed by atoms with van der Waals surface area (Å²) in [6.07, 6.45) is 2.69. The Hall–Kier alpha value is -0.640. The van der Waals surface area contributed by atoms with E-state index in [-0.39, 0.29) is 5.15 Å². The molecule has 1 heterocycles. The molecule has 0 atom stereocenters. The number of hydrogen-bond acceptors (Lipinski definition) is 5. The molecule has 13 heavy (non-hydrogen) atoms. The highest BCUT2D eigenvalue weighted by Gasteiger charge is 2.09. The van der Waals surface area contributed by atoms with Crippen LogP contribution in [0.25, 0.3) is 0 Å². The van der Waals surface area contributed by atoms with Gasteiger partial charge in [0.05, 0.1) is 5.08 Å². The average molecular weight is 234 g/mol. The van der Waals surface area contributed by atoms with Crippen molar-refractivity contribution in [1.82, 2.24) is 4.98 Å². The Balaban J connectivity index is 2.67. The zero-order valence-corrected chi connectivity index (χ0v) is 8.70. The summed E-state index contributed by atoms with van der Waals surface area (Å²) in [4.78, 5) is 3.76. The quantitative estimate of drug-likeness (QED) is 0.198. The Morgan fingerprint density at radius 1 is 1.69 bits per heavy atom. The van der Waals surface area contributed by atoms with Gasteiger partial charge in [0.15, 0.2) is 0 Å². The van der Waals surface area contributed by atoms with E-state index >= 15 is 0 Å². The van der Waals surface area contributed by atoms with Crippen LogP contribution in [0.3, 0.4) is 0 Å². The van der Waals surface area contributed by atoms with Gasteiger partial charge in [0.2, 0.25) is 0 Å². The number of aromatic nitrogens is 2. The van der Waals surface area contributed by atoms with Crippen LogP contribution in [0, 0.1) is 15.9 Å². The first kappa shape index (κ1) is 10.4. The molecule has 1 aromatic rings. The normalized spacial score (nSPS) is 9.54. The lowest BCUT2D eigenvalue weighted by Crippen LogP contribution is -2.30. The second-order valence-corrected chi connectivity index (χ2v) is 4.37. The lowest BCUT2D eigenvalue weighted by atomic mass is 10.8. The molecule has 1 rings (SSSR count). The standard InChI is InChI=1S/C6H4ClN3OS2/c7-5-1-9-2-6(10(5)11)13-4-12-3-8/h1-2H,4H2. The molecule has 0 aliphatic rings. The molecule has 4 nitrogen and oxygen atoms in total. The summed E-state index contributed by atoms with van der Waals surface area (Å²) in [6.45, 7) is 0. The van der Waals surface area contributed by atoms with Crippen LogP contribution in [0.5, 0.6) is 0 Å². The van der Waals surface area contributed by atoms with Crippen molar-refractivity contribution in [3.05, 3.63) is 22.8 Å². The molecule has 0 saturated carbocycles. The summed E-state index contributed by atoms with van der Waals surface area (Å²) < 4.78 is 0.581. The molecule has 0 bridgehead atoms. The first-order valence-corrected chi connectivity index (χ1v) is 5.47. The Morgan fingerprint density at radius 3 is 3.15 bits per heavy atom. The maximum Gasteiger partial charge on any atom is 0.305 e. The van der Waals surface area contributed by atoms with Crippen LogP contribution in [0.2, 0.25) is 5.15 Å². The van der Waals surface area contributed by atoms with E-state index in [0.717, 1.165) is 11.8 Å². The van der Waals surface area contributed by atoms with Crippen molar-refractivity contribution >= 4 is 35.1 Å². The fourth-order valence-electron chi connectivity index (χ4n) is 0.585. The van der Waals surface area contributed by atoms with Crippen molar-refractivity contribution < 1.29 is 4.73 Å². The van der Waals surface area contributed by atoms with Crippen molar-refractivity contribution in [1.29, 1.82) is 5.26 Å². The predicted molar refractivity (Wildman–Crippen MR) is 52.1 cm³/mol. The monoisotopic (exact) mass is 233 g/mol. The smallest absolute Gasteiger partial charge is 0.305 e. The average Bonchev–Trinajstić information content (AvgIpc) is 2.13. The molecule has 0 amide bonds. The molecule has 0 spiro atoms.